The maximum Gasteiger partial charge on any atom is 0.310 e. The predicted molar refractivity (Wildman–Crippen MR) is 61.4 cm³/mol. The third-order valence-corrected chi connectivity index (χ3v) is 2.51. The average molecular weight is 285 g/mol. The molecule has 1 aromatic rings. The molecule has 6 heteroatoms. The number of nitro groups is 1. The van der Waals surface area contributed by atoms with Crippen molar-refractivity contribution in [1.82, 2.24) is 0 Å². The first-order valence-corrected chi connectivity index (χ1v) is 5.60. The molecule has 84 valence electrons. The van der Waals surface area contributed by atoms with E-state index in [1.165, 1.54) is 13.0 Å². The maximum atomic E-state index is 10.7. The summed E-state index contributed by atoms with van der Waals surface area (Å²) in [6.45, 7) is 1.53. The van der Waals surface area contributed by atoms with Crippen LogP contribution in [0.4, 0.5) is 5.69 Å². The van der Waals surface area contributed by atoms with Crippen LogP contribution in [0.5, 0.6) is 5.75 Å². The summed E-state index contributed by atoms with van der Waals surface area (Å²) in [5, 5.41) is 19.9. The Balaban J connectivity index is 3.11. The van der Waals surface area contributed by atoms with Gasteiger partial charge in [0.15, 0.2) is 11.9 Å². The third-order valence-electron chi connectivity index (χ3n) is 1.86. The molecule has 0 saturated heterocycles. The number of nitro benzene ring substituents is 1. The minimum absolute atomic E-state index is 0.121. The summed E-state index contributed by atoms with van der Waals surface area (Å²) < 4.78 is 5.17. The Labute approximate surface area is 101 Å². The number of halogens is 1. The van der Waals surface area contributed by atoms with Gasteiger partial charge in [0.2, 0.25) is 0 Å². The van der Waals surface area contributed by atoms with E-state index in [4.69, 9.17) is 10.00 Å². The lowest BCUT2D eigenvalue weighted by Gasteiger charge is -2.08. The number of rotatable bonds is 4. The number of benzene rings is 1. The second-order valence-electron chi connectivity index (χ2n) is 3.08. The van der Waals surface area contributed by atoms with E-state index in [2.05, 4.69) is 15.9 Å². The van der Waals surface area contributed by atoms with Crippen molar-refractivity contribution in [3.63, 3.8) is 0 Å². The molecular weight excluding hydrogens is 276 g/mol. The first kappa shape index (κ1) is 12.5. The zero-order valence-electron chi connectivity index (χ0n) is 8.51. The van der Waals surface area contributed by atoms with Crippen LogP contribution in [0.3, 0.4) is 0 Å². The van der Waals surface area contributed by atoms with E-state index in [0.29, 0.717) is 5.33 Å². The second-order valence-corrected chi connectivity index (χ2v) is 3.64. The minimum atomic E-state index is -0.718. The lowest BCUT2D eigenvalue weighted by Crippen LogP contribution is -2.09. The van der Waals surface area contributed by atoms with Crippen LogP contribution < -0.4 is 4.74 Å². The quantitative estimate of drug-likeness (QED) is 0.484. The highest BCUT2D eigenvalue weighted by Crippen LogP contribution is 2.29. The van der Waals surface area contributed by atoms with Gasteiger partial charge in [-0.25, -0.2) is 0 Å². The van der Waals surface area contributed by atoms with Crippen LogP contribution in [0.15, 0.2) is 18.2 Å². The first-order valence-electron chi connectivity index (χ1n) is 4.48. The SMILES string of the molecule is CC(C#N)Oc1cc(CBr)ccc1[N+](=O)[O-]. The van der Waals surface area contributed by atoms with Crippen molar-refractivity contribution < 1.29 is 9.66 Å². The van der Waals surface area contributed by atoms with Crippen molar-refractivity contribution in [2.24, 2.45) is 0 Å². The average Bonchev–Trinajstić information content (AvgIpc) is 2.28. The number of alkyl halides is 1. The number of nitrogens with zero attached hydrogens (tertiary/aromatic N) is 2. The summed E-state index contributed by atoms with van der Waals surface area (Å²) in [6, 6.07) is 6.42. The molecule has 0 heterocycles. The first-order chi connectivity index (χ1) is 7.58. The highest BCUT2D eigenvalue weighted by molar-refractivity contribution is 9.08. The van der Waals surface area contributed by atoms with Crippen LogP contribution in [0.25, 0.3) is 0 Å². The highest BCUT2D eigenvalue weighted by atomic mass is 79.9. The summed E-state index contributed by atoms with van der Waals surface area (Å²) in [5.74, 6) is 0.121. The van der Waals surface area contributed by atoms with Gasteiger partial charge in [-0.3, -0.25) is 10.1 Å². The Hall–Kier alpha value is -1.61. The predicted octanol–water partition coefficient (Wildman–Crippen LogP) is 2.78. The Kier molecular flexibility index (Phi) is 4.26. The van der Waals surface area contributed by atoms with Crippen LogP contribution in [0.1, 0.15) is 12.5 Å². The molecule has 0 saturated carbocycles. The molecule has 0 bridgehead atoms. The second kappa shape index (κ2) is 5.47. The summed E-state index contributed by atoms with van der Waals surface area (Å²) in [7, 11) is 0. The topological polar surface area (TPSA) is 76.2 Å². The molecule has 0 amide bonds. The normalized spacial score (nSPS) is 11.6. The van der Waals surface area contributed by atoms with Gasteiger partial charge in [0.25, 0.3) is 0 Å². The summed E-state index contributed by atoms with van der Waals surface area (Å²) in [4.78, 5) is 10.2. The smallest absolute Gasteiger partial charge is 0.310 e. The van der Waals surface area contributed by atoms with E-state index in [9.17, 15) is 10.1 Å². The highest BCUT2D eigenvalue weighted by Gasteiger charge is 2.17. The zero-order chi connectivity index (χ0) is 12.1. The van der Waals surface area contributed by atoms with Gasteiger partial charge in [-0.2, -0.15) is 5.26 Å². The largest absolute Gasteiger partial charge is 0.469 e. The third kappa shape index (κ3) is 2.94. The molecule has 0 aliphatic heterocycles. The van der Waals surface area contributed by atoms with Gasteiger partial charge in [0.1, 0.15) is 6.07 Å². The number of hydrogen-bond donors (Lipinski definition) is 0. The molecule has 0 aliphatic rings. The zero-order valence-corrected chi connectivity index (χ0v) is 10.1. The van der Waals surface area contributed by atoms with Crippen molar-refractivity contribution in [1.29, 1.82) is 5.26 Å². The Morgan fingerprint density at radius 1 is 1.69 bits per heavy atom. The van der Waals surface area contributed by atoms with Crippen LogP contribution >= 0.6 is 15.9 Å². The van der Waals surface area contributed by atoms with Crippen molar-refractivity contribution >= 4 is 21.6 Å². The molecule has 0 spiro atoms. The number of hydrogen-bond acceptors (Lipinski definition) is 4. The van der Waals surface area contributed by atoms with Gasteiger partial charge in [-0.1, -0.05) is 22.0 Å². The maximum absolute atomic E-state index is 10.7. The molecule has 0 radical (unpaired) electrons. The Morgan fingerprint density at radius 2 is 2.38 bits per heavy atom. The Bertz CT molecular complexity index is 442. The van der Waals surface area contributed by atoms with Crippen LogP contribution in [0.2, 0.25) is 0 Å². The van der Waals surface area contributed by atoms with Crippen molar-refractivity contribution in [2.45, 2.75) is 18.4 Å². The number of ether oxygens (including phenoxy) is 1. The summed E-state index contributed by atoms with van der Waals surface area (Å²) in [6.07, 6.45) is -0.718. The molecule has 1 atom stereocenters. The van der Waals surface area contributed by atoms with Gasteiger partial charge >= 0.3 is 5.69 Å². The van der Waals surface area contributed by atoms with Gasteiger partial charge in [-0.15, -0.1) is 0 Å². The van der Waals surface area contributed by atoms with E-state index in [0.717, 1.165) is 5.56 Å². The minimum Gasteiger partial charge on any atom is -0.469 e. The molecule has 1 rings (SSSR count). The molecular formula is C10H9BrN2O3. The fraction of sp³-hybridized carbons (Fsp3) is 0.300. The lowest BCUT2D eigenvalue weighted by atomic mass is 10.2. The summed E-state index contributed by atoms with van der Waals surface area (Å²) in [5.41, 5.74) is 0.720. The van der Waals surface area contributed by atoms with Gasteiger partial charge < -0.3 is 4.74 Å². The van der Waals surface area contributed by atoms with E-state index in [-0.39, 0.29) is 11.4 Å². The van der Waals surface area contributed by atoms with Crippen LogP contribution in [0, 0.1) is 21.4 Å². The molecule has 0 N–H and O–H groups in total. The molecule has 1 unspecified atom stereocenters. The van der Waals surface area contributed by atoms with Crippen molar-refractivity contribution in [2.75, 3.05) is 0 Å². The summed E-state index contributed by atoms with van der Waals surface area (Å²) >= 11 is 3.25. The number of nitriles is 1. The van der Waals surface area contributed by atoms with Crippen molar-refractivity contribution in [3.05, 3.63) is 33.9 Å². The molecule has 0 aromatic heterocycles. The molecule has 16 heavy (non-hydrogen) atoms. The fourth-order valence-corrected chi connectivity index (χ4v) is 1.45. The fourth-order valence-electron chi connectivity index (χ4n) is 1.10. The molecule has 0 aliphatic carbocycles. The van der Waals surface area contributed by atoms with Gasteiger partial charge in [-0.05, 0) is 18.6 Å². The van der Waals surface area contributed by atoms with E-state index in [1.54, 1.807) is 12.1 Å². The molecule has 0 fully saturated rings. The van der Waals surface area contributed by atoms with Crippen LogP contribution in [-0.4, -0.2) is 11.0 Å². The van der Waals surface area contributed by atoms with E-state index in [1.807, 2.05) is 6.07 Å². The Morgan fingerprint density at radius 3 is 2.88 bits per heavy atom. The molecule has 5 nitrogen and oxygen atoms in total. The van der Waals surface area contributed by atoms with Crippen molar-refractivity contribution in [3.8, 4) is 11.8 Å². The lowest BCUT2D eigenvalue weighted by molar-refractivity contribution is -0.386. The monoisotopic (exact) mass is 284 g/mol. The van der Waals surface area contributed by atoms with Crippen LogP contribution in [-0.2, 0) is 5.33 Å². The van der Waals surface area contributed by atoms with Gasteiger partial charge in [0, 0.05) is 11.4 Å². The standard InChI is InChI=1S/C10H9BrN2O3/c1-7(6-12)16-10-4-8(5-11)2-3-9(10)13(14)15/h2-4,7H,5H2,1H3. The van der Waals surface area contributed by atoms with E-state index < -0.39 is 11.0 Å². The molecule has 1 aromatic carbocycles. The van der Waals surface area contributed by atoms with E-state index >= 15 is 0 Å². The van der Waals surface area contributed by atoms with Gasteiger partial charge in [0.05, 0.1) is 4.92 Å².